The van der Waals surface area contributed by atoms with Crippen LogP contribution in [0.25, 0.3) is 6.08 Å². The highest BCUT2D eigenvalue weighted by molar-refractivity contribution is 8.18. The van der Waals surface area contributed by atoms with Gasteiger partial charge in [0.1, 0.15) is 5.76 Å². The molecular weight excluding hydrogens is 368 g/mol. The van der Waals surface area contributed by atoms with E-state index in [1.165, 1.54) is 12.3 Å². The van der Waals surface area contributed by atoms with Gasteiger partial charge in [0.25, 0.3) is 11.1 Å². The number of hydrogen-bond acceptors (Lipinski definition) is 7. The Morgan fingerprint density at radius 3 is 2.88 bits per heavy atom. The van der Waals surface area contributed by atoms with Crippen molar-refractivity contribution in [2.24, 2.45) is 0 Å². The number of nitrogens with zero attached hydrogens (tertiary/aromatic N) is 1. The van der Waals surface area contributed by atoms with Crippen molar-refractivity contribution in [3.63, 3.8) is 0 Å². The van der Waals surface area contributed by atoms with Crippen LogP contribution in [0.4, 0.5) is 4.79 Å². The summed E-state index contributed by atoms with van der Waals surface area (Å²) in [7, 11) is -3.07. The van der Waals surface area contributed by atoms with Crippen molar-refractivity contribution in [3.05, 3.63) is 29.1 Å². The summed E-state index contributed by atoms with van der Waals surface area (Å²) in [6.45, 7) is -0.0501. The molecule has 2 saturated heterocycles. The molecule has 3 amide bonds. The molecule has 134 valence electrons. The molecule has 10 heteroatoms. The molecule has 2 aliphatic heterocycles. The van der Waals surface area contributed by atoms with Crippen LogP contribution in [0, 0.1) is 0 Å². The Labute approximate surface area is 148 Å². The van der Waals surface area contributed by atoms with Gasteiger partial charge in [-0.1, -0.05) is 0 Å². The maximum atomic E-state index is 12.2. The molecule has 25 heavy (non-hydrogen) atoms. The van der Waals surface area contributed by atoms with Gasteiger partial charge in [-0.25, -0.2) is 8.42 Å². The van der Waals surface area contributed by atoms with Gasteiger partial charge >= 0.3 is 0 Å². The molecule has 0 aliphatic carbocycles. The first-order valence-corrected chi connectivity index (χ1v) is 10.3. The second-order valence-corrected chi connectivity index (χ2v) is 8.99. The molecule has 1 aromatic rings. The van der Waals surface area contributed by atoms with Crippen LogP contribution < -0.4 is 5.32 Å². The highest BCUT2D eigenvalue weighted by Gasteiger charge is 2.35. The average Bonchev–Trinajstić information content (AvgIpc) is 3.21. The van der Waals surface area contributed by atoms with Crippen LogP contribution in [-0.4, -0.2) is 54.5 Å². The maximum Gasteiger partial charge on any atom is 0.293 e. The minimum absolute atomic E-state index is 0.0501. The molecule has 0 spiro atoms. The number of sulfone groups is 1. The van der Waals surface area contributed by atoms with Crippen LogP contribution in [0.2, 0.25) is 0 Å². The fraction of sp³-hybridized carbons (Fsp3) is 0.400. The molecule has 1 aromatic heterocycles. The predicted molar refractivity (Wildman–Crippen MR) is 91.2 cm³/mol. The summed E-state index contributed by atoms with van der Waals surface area (Å²) in [5.41, 5.74) is 0. The molecule has 2 aliphatic rings. The van der Waals surface area contributed by atoms with E-state index in [-0.39, 0.29) is 35.3 Å². The van der Waals surface area contributed by atoms with Gasteiger partial charge < -0.3 is 9.73 Å². The molecule has 8 nitrogen and oxygen atoms in total. The summed E-state index contributed by atoms with van der Waals surface area (Å²) in [5.74, 6) is -0.380. The van der Waals surface area contributed by atoms with Crippen LogP contribution in [0.5, 0.6) is 0 Å². The lowest BCUT2D eigenvalue weighted by Crippen LogP contribution is -2.38. The summed E-state index contributed by atoms with van der Waals surface area (Å²) in [6.07, 6.45) is 3.27. The first-order valence-electron chi connectivity index (χ1n) is 7.63. The predicted octanol–water partition coefficient (Wildman–Crippen LogP) is 1.01. The molecule has 0 radical (unpaired) electrons. The molecule has 2 fully saturated rings. The number of carbonyl (C=O) groups excluding carboxylic acids is 3. The van der Waals surface area contributed by atoms with Gasteiger partial charge in [-0.2, -0.15) is 0 Å². The second kappa shape index (κ2) is 7.04. The summed E-state index contributed by atoms with van der Waals surface area (Å²) < 4.78 is 27.9. The van der Waals surface area contributed by atoms with Crippen LogP contribution >= 0.6 is 11.8 Å². The number of furan rings is 1. The van der Waals surface area contributed by atoms with Crippen molar-refractivity contribution in [1.82, 2.24) is 10.2 Å². The fourth-order valence-corrected chi connectivity index (χ4v) is 5.14. The number of rotatable bonds is 5. The summed E-state index contributed by atoms with van der Waals surface area (Å²) in [5, 5.41) is 2.19. The van der Waals surface area contributed by atoms with Crippen LogP contribution in [0.3, 0.4) is 0 Å². The second-order valence-electron chi connectivity index (χ2n) is 5.77. The van der Waals surface area contributed by atoms with E-state index in [1.54, 1.807) is 12.1 Å². The number of nitrogens with one attached hydrogen (secondary N) is 1. The number of carbonyl (C=O) groups is 3. The summed E-state index contributed by atoms with van der Waals surface area (Å²) in [4.78, 5) is 37.4. The van der Waals surface area contributed by atoms with E-state index in [2.05, 4.69) is 5.32 Å². The lowest BCUT2D eigenvalue weighted by molar-refractivity contribution is -0.124. The van der Waals surface area contributed by atoms with Crippen LogP contribution in [-0.2, 0) is 19.4 Å². The van der Waals surface area contributed by atoms with E-state index >= 15 is 0 Å². The third-order valence-electron chi connectivity index (χ3n) is 3.85. The Morgan fingerprint density at radius 2 is 2.24 bits per heavy atom. The van der Waals surface area contributed by atoms with E-state index in [0.29, 0.717) is 12.2 Å². The molecule has 0 saturated carbocycles. The van der Waals surface area contributed by atoms with E-state index in [9.17, 15) is 22.8 Å². The smallest absolute Gasteiger partial charge is 0.293 e. The molecule has 3 rings (SSSR count). The number of hydrogen-bond donors (Lipinski definition) is 1. The van der Waals surface area contributed by atoms with E-state index in [4.69, 9.17) is 4.42 Å². The quantitative estimate of drug-likeness (QED) is 0.754. The molecule has 0 aromatic carbocycles. The maximum absolute atomic E-state index is 12.2. The van der Waals surface area contributed by atoms with E-state index in [0.717, 1.165) is 16.7 Å². The third-order valence-corrected chi connectivity index (χ3v) is 6.53. The third kappa shape index (κ3) is 4.31. The van der Waals surface area contributed by atoms with Crippen molar-refractivity contribution in [2.45, 2.75) is 18.9 Å². The Morgan fingerprint density at radius 1 is 1.44 bits per heavy atom. The first kappa shape index (κ1) is 17.7. The van der Waals surface area contributed by atoms with Crippen molar-refractivity contribution in [1.29, 1.82) is 0 Å². The monoisotopic (exact) mass is 384 g/mol. The largest absolute Gasteiger partial charge is 0.465 e. The zero-order valence-corrected chi connectivity index (χ0v) is 14.8. The van der Waals surface area contributed by atoms with Gasteiger partial charge in [0.2, 0.25) is 5.91 Å². The SMILES string of the molecule is O=C(CCN1C(=O)SC(=Cc2ccco2)C1=O)NC1CCS(=O)(=O)C1. The Kier molecular flexibility index (Phi) is 5.00. The standard InChI is InChI=1S/C15H16N2O6S2/c18-13(16-10-4-7-25(21,22)9-10)3-5-17-14(19)12(24-15(17)20)8-11-2-1-6-23-11/h1-2,6,8,10H,3-5,7,9H2,(H,16,18). The lowest BCUT2D eigenvalue weighted by Gasteiger charge is -2.14. The topological polar surface area (TPSA) is 114 Å². The highest BCUT2D eigenvalue weighted by atomic mass is 32.2. The van der Waals surface area contributed by atoms with Crippen molar-refractivity contribution >= 4 is 44.7 Å². The molecule has 0 bridgehead atoms. The Hall–Kier alpha value is -2.07. The minimum atomic E-state index is -3.07. The van der Waals surface area contributed by atoms with Crippen molar-refractivity contribution in [2.75, 3.05) is 18.1 Å². The molecule has 1 atom stereocenters. The van der Waals surface area contributed by atoms with Gasteiger partial charge in [0, 0.05) is 25.1 Å². The van der Waals surface area contributed by atoms with Crippen LogP contribution in [0.1, 0.15) is 18.6 Å². The van der Waals surface area contributed by atoms with E-state index < -0.39 is 27.0 Å². The number of amides is 3. The van der Waals surface area contributed by atoms with E-state index in [1.807, 2.05) is 0 Å². The summed E-state index contributed by atoms with van der Waals surface area (Å²) in [6, 6.07) is 2.94. The van der Waals surface area contributed by atoms with Gasteiger partial charge in [0.05, 0.1) is 22.7 Å². The minimum Gasteiger partial charge on any atom is -0.465 e. The van der Waals surface area contributed by atoms with Crippen molar-refractivity contribution in [3.8, 4) is 0 Å². The summed E-state index contributed by atoms with van der Waals surface area (Å²) >= 11 is 0.792. The number of thioether (sulfide) groups is 1. The lowest BCUT2D eigenvalue weighted by atomic mass is 10.2. The van der Waals surface area contributed by atoms with Gasteiger partial charge in [0.15, 0.2) is 9.84 Å². The van der Waals surface area contributed by atoms with Crippen molar-refractivity contribution < 1.29 is 27.2 Å². The zero-order chi connectivity index (χ0) is 18.0. The average molecular weight is 384 g/mol. The van der Waals surface area contributed by atoms with Gasteiger partial charge in [-0.3, -0.25) is 19.3 Å². The van der Waals surface area contributed by atoms with Gasteiger partial charge in [-0.15, -0.1) is 0 Å². The molecular formula is C15H16N2O6S2. The normalized spacial score (nSPS) is 24.2. The van der Waals surface area contributed by atoms with Crippen LogP contribution in [0.15, 0.2) is 27.7 Å². The Balaban J connectivity index is 1.53. The highest BCUT2D eigenvalue weighted by Crippen LogP contribution is 2.32. The molecule has 1 N–H and O–H groups in total. The fourth-order valence-electron chi connectivity index (χ4n) is 2.62. The van der Waals surface area contributed by atoms with Gasteiger partial charge in [-0.05, 0) is 30.3 Å². The number of imide groups is 1. The zero-order valence-electron chi connectivity index (χ0n) is 13.1. The Bertz CT molecular complexity index is 828. The molecule has 3 heterocycles. The first-order chi connectivity index (χ1) is 11.8. The molecule has 1 unspecified atom stereocenters.